The second kappa shape index (κ2) is 8.17. The fraction of sp³-hybridized carbons (Fsp3) is 0.750. The lowest BCUT2D eigenvalue weighted by molar-refractivity contribution is 0.129. The summed E-state index contributed by atoms with van der Waals surface area (Å²) in [4.78, 5) is 11.8. The van der Waals surface area contributed by atoms with Crippen molar-refractivity contribution in [1.82, 2.24) is 15.8 Å². The molecule has 2 amide bonds. The standard InChI is InChI=1S/C16H29N3O3/c1-11(20)9-16(4,5)10-18-15(21)17-8-6-7-14-12(2)19-22-13(14)3/h11,20H,6-10H2,1-5H3,(H2,17,18,21). The second-order valence-electron chi connectivity index (χ2n) is 6.73. The van der Waals surface area contributed by atoms with Crippen molar-refractivity contribution in [3.8, 4) is 0 Å². The molecule has 22 heavy (non-hydrogen) atoms. The highest BCUT2D eigenvalue weighted by Gasteiger charge is 2.20. The number of carbonyl (C=O) groups excluding carboxylic acids is 1. The quantitative estimate of drug-likeness (QED) is 0.643. The van der Waals surface area contributed by atoms with Crippen LogP contribution in [0.15, 0.2) is 4.52 Å². The van der Waals surface area contributed by atoms with E-state index in [9.17, 15) is 9.90 Å². The maximum absolute atomic E-state index is 11.8. The molecule has 0 aliphatic heterocycles. The molecular formula is C16H29N3O3. The molecule has 6 nitrogen and oxygen atoms in total. The Balaban J connectivity index is 2.21. The zero-order valence-corrected chi connectivity index (χ0v) is 14.3. The van der Waals surface area contributed by atoms with Gasteiger partial charge in [0.25, 0.3) is 0 Å². The van der Waals surface area contributed by atoms with Crippen LogP contribution < -0.4 is 10.6 Å². The number of aliphatic hydroxyl groups excluding tert-OH is 1. The summed E-state index contributed by atoms with van der Waals surface area (Å²) >= 11 is 0. The van der Waals surface area contributed by atoms with Crippen molar-refractivity contribution < 1.29 is 14.4 Å². The topological polar surface area (TPSA) is 87.4 Å². The highest BCUT2D eigenvalue weighted by atomic mass is 16.5. The van der Waals surface area contributed by atoms with Gasteiger partial charge in [-0.05, 0) is 45.4 Å². The van der Waals surface area contributed by atoms with Gasteiger partial charge in [0.05, 0.1) is 11.8 Å². The third-order valence-corrected chi connectivity index (χ3v) is 3.65. The minimum atomic E-state index is -0.366. The monoisotopic (exact) mass is 311 g/mol. The Morgan fingerprint density at radius 2 is 2.05 bits per heavy atom. The van der Waals surface area contributed by atoms with Crippen molar-refractivity contribution in [3.05, 3.63) is 17.0 Å². The van der Waals surface area contributed by atoms with Crippen molar-refractivity contribution in [2.75, 3.05) is 13.1 Å². The van der Waals surface area contributed by atoms with Crippen LogP contribution in [0.4, 0.5) is 4.79 Å². The Hall–Kier alpha value is -1.56. The van der Waals surface area contributed by atoms with Crippen molar-refractivity contribution in [1.29, 1.82) is 0 Å². The summed E-state index contributed by atoms with van der Waals surface area (Å²) in [6.45, 7) is 10.8. The predicted octanol–water partition coefficient (Wildman–Crippen LogP) is 2.32. The molecule has 0 fully saturated rings. The Kier molecular flexibility index (Phi) is 6.87. The van der Waals surface area contributed by atoms with Gasteiger partial charge < -0.3 is 20.3 Å². The molecule has 1 aromatic rings. The number of aryl methyl sites for hydroxylation is 2. The number of hydrogen-bond acceptors (Lipinski definition) is 4. The Morgan fingerprint density at radius 3 is 2.59 bits per heavy atom. The van der Waals surface area contributed by atoms with E-state index in [1.54, 1.807) is 6.92 Å². The smallest absolute Gasteiger partial charge is 0.314 e. The first kappa shape index (κ1) is 18.5. The molecular weight excluding hydrogens is 282 g/mol. The van der Waals surface area contributed by atoms with Crippen molar-refractivity contribution in [3.63, 3.8) is 0 Å². The summed E-state index contributed by atoms with van der Waals surface area (Å²) < 4.78 is 5.11. The fourth-order valence-corrected chi connectivity index (χ4v) is 2.58. The minimum absolute atomic E-state index is 0.123. The molecule has 126 valence electrons. The van der Waals surface area contributed by atoms with Crippen LogP contribution in [0.3, 0.4) is 0 Å². The van der Waals surface area contributed by atoms with E-state index < -0.39 is 0 Å². The molecule has 6 heteroatoms. The summed E-state index contributed by atoms with van der Waals surface area (Å²) in [6, 6.07) is -0.169. The third-order valence-electron chi connectivity index (χ3n) is 3.65. The number of urea groups is 1. The lowest BCUT2D eigenvalue weighted by Gasteiger charge is -2.26. The van der Waals surface area contributed by atoms with E-state index in [2.05, 4.69) is 15.8 Å². The van der Waals surface area contributed by atoms with Gasteiger partial charge in [-0.15, -0.1) is 0 Å². The van der Waals surface area contributed by atoms with Crippen LogP contribution in [0.25, 0.3) is 0 Å². The molecule has 0 aliphatic rings. The van der Waals surface area contributed by atoms with Crippen LogP contribution in [0.5, 0.6) is 0 Å². The van der Waals surface area contributed by atoms with Crippen LogP contribution in [0.2, 0.25) is 0 Å². The maximum Gasteiger partial charge on any atom is 0.314 e. The number of aromatic nitrogens is 1. The van der Waals surface area contributed by atoms with Crippen LogP contribution in [-0.4, -0.2) is 35.5 Å². The number of nitrogens with one attached hydrogen (secondary N) is 2. The van der Waals surface area contributed by atoms with Crippen LogP contribution >= 0.6 is 0 Å². The van der Waals surface area contributed by atoms with Gasteiger partial charge in [-0.1, -0.05) is 19.0 Å². The van der Waals surface area contributed by atoms with Gasteiger partial charge in [-0.25, -0.2) is 4.79 Å². The Morgan fingerprint density at radius 1 is 1.36 bits per heavy atom. The van der Waals surface area contributed by atoms with Crippen molar-refractivity contribution in [2.24, 2.45) is 5.41 Å². The van der Waals surface area contributed by atoms with E-state index in [4.69, 9.17) is 4.52 Å². The molecule has 0 saturated heterocycles. The number of amides is 2. The largest absolute Gasteiger partial charge is 0.393 e. The van der Waals surface area contributed by atoms with Crippen LogP contribution in [0, 0.1) is 19.3 Å². The summed E-state index contributed by atoms with van der Waals surface area (Å²) in [6.07, 6.45) is 1.97. The van der Waals surface area contributed by atoms with Gasteiger partial charge in [0.1, 0.15) is 5.76 Å². The van der Waals surface area contributed by atoms with E-state index in [1.165, 1.54) is 0 Å². The van der Waals surface area contributed by atoms with E-state index in [1.807, 2.05) is 27.7 Å². The molecule has 1 heterocycles. The molecule has 3 N–H and O–H groups in total. The predicted molar refractivity (Wildman–Crippen MR) is 85.8 cm³/mol. The molecule has 0 spiro atoms. The lowest BCUT2D eigenvalue weighted by atomic mass is 9.87. The van der Waals surface area contributed by atoms with Crippen molar-refractivity contribution in [2.45, 2.75) is 60.0 Å². The molecule has 0 aromatic carbocycles. The molecule has 1 rings (SSSR count). The first-order chi connectivity index (χ1) is 10.2. The molecule has 0 saturated carbocycles. The molecule has 1 atom stereocenters. The zero-order valence-electron chi connectivity index (χ0n) is 14.3. The average Bonchev–Trinajstić information content (AvgIpc) is 2.71. The van der Waals surface area contributed by atoms with E-state index in [0.29, 0.717) is 19.5 Å². The van der Waals surface area contributed by atoms with E-state index in [0.717, 1.165) is 29.9 Å². The Bertz CT molecular complexity index is 461. The first-order valence-electron chi connectivity index (χ1n) is 7.83. The fourth-order valence-electron chi connectivity index (χ4n) is 2.58. The van der Waals surface area contributed by atoms with Crippen LogP contribution in [-0.2, 0) is 6.42 Å². The number of aliphatic hydroxyl groups is 1. The molecule has 0 bridgehead atoms. The second-order valence-corrected chi connectivity index (χ2v) is 6.73. The maximum atomic E-state index is 11.8. The van der Waals surface area contributed by atoms with Gasteiger partial charge in [-0.3, -0.25) is 0 Å². The number of carbonyl (C=O) groups is 1. The van der Waals surface area contributed by atoms with E-state index in [-0.39, 0.29) is 17.6 Å². The van der Waals surface area contributed by atoms with Gasteiger partial charge in [0.15, 0.2) is 0 Å². The van der Waals surface area contributed by atoms with Crippen LogP contribution in [0.1, 0.15) is 50.6 Å². The molecule has 0 radical (unpaired) electrons. The van der Waals surface area contributed by atoms with Gasteiger partial charge in [-0.2, -0.15) is 0 Å². The molecule has 1 aromatic heterocycles. The third kappa shape index (κ3) is 6.47. The minimum Gasteiger partial charge on any atom is -0.393 e. The highest BCUT2D eigenvalue weighted by molar-refractivity contribution is 5.73. The average molecular weight is 311 g/mol. The highest BCUT2D eigenvalue weighted by Crippen LogP contribution is 2.20. The Labute approximate surface area is 132 Å². The number of hydrogen-bond donors (Lipinski definition) is 3. The van der Waals surface area contributed by atoms with Gasteiger partial charge in [0.2, 0.25) is 0 Å². The summed E-state index contributed by atoms with van der Waals surface area (Å²) in [5.74, 6) is 0.849. The van der Waals surface area contributed by atoms with Gasteiger partial charge >= 0.3 is 6.03 Å². The number of rotatable bonds is 8. The summed E-state index contributed by atoms with van der Waals surface area (Å²) in [5.41, 5.74) is 1.92. The summed E-state index contributed by atoms with van der Waals surface area (Å²) in [7, 11) is 0. The first-order valence-corrected chi connectivity index (χ1v) is 7.83. The number of nitrogens with zero attached hydrogens (tertiary/aromatic N) is 1. The molecule has 0 aliphatic carbocycles. The zero-order chi connectivity index (χ0) is 16.8. The van der Waals surface area contributed by atoms with Crippen molar-refractivity contribution >= 4 is 6.03 Å². The lowest BCUT2D eigenvalue weighted by Crippen LogP contribution is -2.41. The van der Waals surface area contributed by atoms with Gasteiger partial charge in [0, 0.05) is 18.7 Å². The summed E-state index contributed by atoms with van der Waals surface area (Å²) in [5, 5.41) is 19.0. The molecule has 1 unspecified atom stereocenters. The SMILES string of the molecule is Cc1noc(C)c1CCCNC(=O)NCC(C)(C)CC(C)O. The normalized spacial score (nSPS) is 13.0. The van der Waals surface area contributed by atoms with E-state index >= 15 is 0 Å².